The second-order valence-corrected chi connectivity index (χ2v) is 2.62. The highest BCUT2D eigenvalue weighted by molar-refractivity contribution is 5.87. The van der Waals surface area contributed by atoms with Crippen LogP contribution in [0.2, 0.25) is 0 Å². The van der Waals surface area contributed by atoms with Crippen LogP contribution in [0.15, 0.2) is 5.16 Å². The molecule has 1 heterocycles. The molecule has 1 saturated heterocycles. The van der Waals surface area contributed by atoms with Crippen molar-refractivity contribution in [3.8, 4) is 0 Å². The van der Waals surface area contributed by atoms with Gasteiger partial charge in [0.2, 0.25) is 0 Å². The molecule has 0 bridgehead atoms. The third kappa shape index (κ3) is 2.77. The molecule has 0 amide bonds. The summed E-state index contributed by atoms with van der Waals surface area (Å²) in [6.07, 6.45) is 0. The molecule has 1 fully saturated rings. The molecule has 0 aliphatic carbocycles. The smallest absolute Gasteiger partial charge is 0.106 e. The van der Waals surface area contributed by atoms with Gasteiger partial charge < -0.3 is 20.0 Å². The summed E-state index contributed by atoms with van der Waals surface area (Å²) in [7, 11) is 1.50. The fraction of sp³-hybridized carbons (Fsp3) is 0.857. The van der Waals surface area contributed by atoms with E-state index in [1.807, 2.05) is 0 Å². The lowest BCUT2D eigenvalue weighted by atomic mass is 10.3. The molecule has 0 radical (unpaired) electrons. The van der Waals surface area contributed by atoms with E-state index >= 15 is 0 Å². The van der Waals surface area contributed by atoms with Crippen molar-refractivity contribution in [3.63, 3.8) is 0 Å². The maximum absolute atomic E-state index is 8.82. The molecule has 1 aliphatic heterocycles. The average molecular weight is 174 g/mol. The normalized spacial score (nSPS) is 28.5. The van der Waals surface area contributed by atoms with Gasteiger partial charge in [-0.1, -0.05) is 5.16 Å². The van der Waals surface area contributed by atoms with E-state index in [2.05, 4.69) is 15.3 Å². The molecule has 5 heteroatoms. The molecule has 12 heavy (non-hydrogen) atoms. The summed E-state index contributed by atoms with van der Waals surface area (Å²) in [6, 6.07) is 0.00885. The molecule has 1 aliphatic rings. The van der Waals surface area contributed by atoms with Crippen molar-refractivity contribution in [2.45, 2.75) is 6.04 Å². The van der Waals surface area contributed by atoms with E-state index in [4.69, 9.17) is 9.84 Å². The van der Waals surface area contributed by atoms with Crippen LogP contribution in [0.25, 0.3) is 0 Å². The van der Waals surface area contributed by atoms with Gasteiger partial charge in [0.25, 0.3) is 0 Å². The van der Waals surface area contributed by atoms with Gasteiger partial charge in [-0.05, 0) is 0 Å². The van der Waals surface area contributed by atoms with Crippen molar-refractivity contribution in [3.05, 3.63) is 0 Å². The van der Waals surface area contributed by atoms with Crippen LogP contribution in [0.3, 0.4) is 0 Å². The maximum atomic E-state index is 8.82. The number of nitrogens with zero attached hydrogens (tertiary/aromatic N) is 1. The van der Waals surface area contributed by atoms with Crippen LogP contribution in [0.5, 0.6) is 0 Å². The van der Waals surface area contributed by atoms with Gasteiger partial charge in [0.1, 0.15) is 7.11 Å². The Bertz CT molecular complexity index is 161. The average Bonchev–Trinajstić information content (AvgIpc) is 2.31. The zero-order valence-electron chi connectivity index (χ0n) is 7.12. The minimum Gasteiger partial charge on any atom is -0.399 e. The lowest BCUT2D eigenvalue weighted by molar-refractivity contribution is 0.122. The Kier molecular flexibility index (Phi) is 3.99. The molecule has 0 saturated carbocycles. The highest BCUT2D eigenvalue weighted by Crippen LogP contribution is 1.93. The van der Waals surface area contributed by atoms with Gasteiger partial charge in [0, 0.05) is 6.54 Å². The molecule has 0 spiro atoms. The lowest BCUT2D eigenvalue weighted by Crippen LogP contribution is -2.36. The van der Waals surface area contributed by atoms with E-state index < -0.39 is 0 Å². The van der Waals surface area contributed by atoms with Gasteiger partial charge >= 0.3 is 0 Å². The second kappa shape index (κ2) is 5.08. The molecule has 1 atom stereocenters. The third-order valence-electron chi connectivity index (χ3n) is 1.62. The minimum atomic E-state index is 0.00885. The van der Waals surface area contributed by atoms with Gasteiger partial charge in [-0.2, -0.15) is 0 Å². The first-order valence-electron chi connectivity index (χ1n) is 3.87. The quantitative estimate of drug-likeness (QED) is 0.525. The number of rotatable bonds is 2. The number of aliphatic hydroxyl groups is 1. The zero-order valence-corrected chi connectivity index (χ0v) is 7.12. The number of nitrogens with one attached hydrogen (secondary N) is 1. The number of ether oxygens (including phenoxy) is 1. The van der Waals surface area contributed by atoms with E-state index in [-0.39, 0.29) is 12.6 Å². The Morgan fingerprint density at radius 3 is 3.33 bits per heavy atom. The monoisotopic (exact) mass is 174 g/mol. The summed E-state index contributed by atoms with van der Waals surface area (Å²) < 4.78 is 5.23. The fourth-order valence-electron chi connectivity index (χ4n) is 0.996. The Balaban J connectivity index is 2.39. The van der Waals surface area contributed by atoms with Crippen LogP contribution in [-0.2, 0) is 9.57 Å². The number of aliphatic hydroxyl groups excluding tert-OH is 1. The van der Waals surface area contributed by atoms with Crippen molar-refractivity contribution in [2.75, 3.05) is 33.5 Å². The predicted octanol–water partition coefficient (Wildman–Crippen LogP) is -1.03. The summed E-state index contributed by atoms with van der Waals surface area (Å²) in [4.78, 5) is 4.61. The zero-order chi connectivity index (χ0) is 8.81. The van der Waals surface area contributed by atoms with Crippen LogP contribution < -0.4 is 5.32 Å². The summed E-state index contributed by atoms with van der Waals surface area (Å²) in [5.74, 6) is 0. The number of oxime groups is 1. The summed E-state index contributed by atoms with van der Waals surface area (Å²) >= 11 is 0. The molecule has 0 unspecified atom stereocenters. The van der Waals surface area contributed by atoms with Gasteiger partial charge in [0.15, 0.2) is 0 Å². The highest BCUT2D eigenvalue weighted by atomic mass is 16.6. The van der Waals surface area contributed by atoms with Crippen molar-refractivity contribution in [1.29, 1.82) is 0 Å². The van der Waals surface area contributed by atoms with Gasteiger partial charge in [-0.25, -0.2) is 0 Å². The number of hydrogen-bond donors (Lipinski definition) is 2. The van der Waals surface area contributed by atoms with Crippen molar-refractivity contribution >= 4 is 5.71 Å². The van der Waals surface area contributed by atoms with Crippen LogP contribution in [0, 0.1) is 0 Å². The van der Waals surface area contributed by atoms with Crippen LogP contribution in [-0.4, -0.2) is 50.3 Å². The third-order valence-corrected chi connectivity index (χ3v) is 1.62. The van der Waals surface area contributed by atoms with E-state index in [9.17, 15) is 0 Å². The Labute approximate surface area is 71.3 Å². The standard InChI is InChI=1S/C7H14N2O3/c1-11-9-6-2-8-7(3-10)5-12-4-6/h7-8,10H,2-5H2,1H3/t7-/m1/s1. The van der Waals surface area contributed by atoms with Gasteiger partial charge in [-0.15, -0.1) is 0 Å². The molecule has 5 nitrogen and oxygen atoms in total. The number of hydrogen-bond acceptors (Lipinski definition) is 5. The maximum Gasteiger partial charge on any atom is 0.106 e. The van der Waals surface area contributed by atoms with Crippen molar-refractivity contribution in [1.82, 2.24) is 5.32 Å². The fourth-order valence-corrected chi connectivity index (χ4v) is 0.996. The Morgan fingerprint density at radius 1 is 1.83 bits per heavy atom. The largest absolute Gasteiger partial charge is 0.399 e. The SMILES string of the molecule is CON=C1CN[C@H](CO)COC1. The lowest BCUT2D eigenvalue weighted by Gasteiger charge is -2.09. The molecule has 1 rings (SSSR count). The first-order chi connectivity index (χ1) is 5.86. The van der Waals surface area contributed by atoms with Crippen LogP contribution in [0.1, 0.15) is 0 Å². The predicted molar refractivity (Wildman–Crippen MR) is 44.1 cm³/mol. The van der Waals surface area contributed by atoms with Crippen LogP contribution >= 0.6 is 0 Å². The Morgan fingerprint density at radius 2 is 2.67 bits per heavy atom. The Hall–Kier alpha value is -0.650. The van der Waals surface area contributed by atoms with Crippen LogP contribution in [0.4, 0.5) is 0 Å². The van der Waals surface area contributed by atoms with E-state index in [1.165, 1.54) is 7.11 Å². The molecule has 0 aromatic rings. The van der Waals surface area contributed by atoms with Gasteiger partial charge in [-0.3, -0.25) is 0 Å². The summed E-state index contributed by atoms with van der Waals surface area (Å²) in [5, 5.41) is 15.7. The molecule has 2 N–H and O–H groups in total. The topological polar surface area (TPSA) is 63.1 Å². The van der Waals surface area contributed by atoms with Crippen molar-refractivity contribution < 1.29 is 14.7 Å². The first-order valence-corrected chi connectivity index (χ1v) is 3.87. The second-order valence-electron chi connectivity index (χ2n) is 2.62. The molecular weight excluding hydrogens is 160 g/mol. The molecule has 0 aromatic heterocycles. The molecule has 0 aromatic carbocycles. The highest BCUT2D eigenvalue weighted by Gasteiger charge is 2.13. The van der Waals surface area contributed by atoms with E-state index in [1.54, 1.807) is 0 Å². The van der Waals surface area contributed by atoms with E-state index in [0.29, 0.717) is 19.8 Å². The summed E-state index contributed by atoms with van der Waals surface area (Å²) in [5.41, 5.74) is 0.813. The molecular formula is C7H14N2O3. The van der Waals surface area contributed by atoms with Crippen molar-refractivity contribution in [2.24, 2.45) is 5.16 Å². The molecule has 70 valence electrons. The van der Waals surface area contributed by atoms with E-state index in [0.717, 1.165) is 5.71 Å². The first kappa shape index (κ1) is 9.44. The minimum absolute atomic E-state index is 0.00885. The van der Waals surface area contributed by atoms with Gasteiger partial charge in [0.05, 0.1) is 31.6 Å². The summed E-state index contributed by atoms with van der Waals surface area (Å²) in [6.45, 7) is 1.68.